The highest BCUT2D eigenvalue weighted by Gasteiger charge is 2.08. The third kappa shape index (κ3) is 1.16. The Hall–Kier alpha value is -2.12. The Morgan fingerprint density at radius 3 is 2.86 bits per heavy atom. The van der Waals surface area contributed by atoms with E-state index < -0.39 is 0 Å². The van der Waals surface area contributed by atoms with E-state index in [1.807, 2.05) is 30.3 Å². The van der Waals surface area contributed by atoms with E-state index in [-0.39, 0.29) is 0 Å². The van der Waals surface area contributed by atoms with Crippen LogP contribution in [0, 0.1) is 11.3 Å². The van der Waals surface area contributed by atoms with Gasteiger partial charge in [-0.15, -0.1) is 0 Å². The molecular formula is C10H7N3O. The summed E-state index contributed by atoms with van der Waals surface area (Å²) in [5.41, 5.74) is 1.10. The van der Waals surface area contributed by atoms with Gasteiger partial charge in [-0.3, -0.25) is 4.98 Å². The molecule has 2 aromatic rings. The summed E-state index contributed by atoms with van der Waals surface area (Å²) in [6, 6.07) is 9.32. The SMILES string of the molecule is N#Cc1cnc2ccccc2c1ON. The predicted molar refractivity (Wildman–Crippen MR) is 51.3 cm³/mol. The Bertz CT molecular complexity index is 516. The lowest BCUT2D eigenvalue weighted by atomic mass is 10.1. The lowest BCUT2D eigenvalue weighted by molar-refractivity contribution is 0.337. The second-order valence-electron chi connectivity index (χ2n) is 2.75. The Labute approximate surface area is 80.5 Å². The van der Waals surface area contributed by atoms with Crippen molar-refractivity contribution in [3.63, 3.8) is 0 Å². The quantitative estimate of drug-likeness (QED) is 0.681. The second-order valence-corrected chi connectivity index (χ2v) is 2.75. The van der Waals surface area contributed by atoms with Gasteiger partial charge in [-0.05, 0) is 12.1 Å². The van der Waals surface area contributed by atoms with E-state index in [2.05, 4.69) is 9.82 Å². The Morgan fingerprint density at radius 2 is 2.14 bits per heavy atom. The molecule has 0 saturated carbocycles. The van der Waals surface area contributed by atoms with Crippen molar-refractivity contribution in [1.82, 2.24) is 4.98 Å². The van der Waals surface area contributed by atoms with Gasteiger partial charge < -0.3 is 4.84 Å². The zero-order chi connectivity index (χ0) is 9.97. The molecule has 68 valence electrons. The topological polar surface area (TPSA) is 71.9 Å². The molecule has 0 fully saturated rings. The van der Waals surface area contributed by atoms with Crippen molar-refractivity contribution in [2.24, 2.45) is 5.90 Å². The molecule has 0 spiro atoms. The van der Waals surface area contributed by atoms with Crippen LogP contribution in [0.4, 0.5) is 0 Å². The maximum atomic E-state index is 8.78. The molecule has 0 aliphatic carbocycles. The first kappa shape index (κ1) is 8.48. The van der Waals surface area contributed by atoms with Crippen molar-refractivity contribution in [3.05, 3.63) is 36.0 Å². The molecule has 14 heavy (non-hydrogen) atoms. The minimum absolute atomic E-state index is 0.339. The zero-order valence-corrected chi connectivity index (χ0v) is 7.27. The van der Waals surface area contributed by atoms with Gasteiger partial charge in [0.05, 0.1) is 5.52 Å². The number of nitrogens with two attached hydrogens (primary N) is 1. The van der Waals surface area contributed by atoms with E-state index in [4.69, 9.17) is 11.2 Å². The number of rotatable bonds is 1. The third-order valence-corrected chi connectivity index (χ3v) is 1.96. The van der Waals surface area contributed by atoms with Crippen LogP contribution in [0.15, 0.2) is 30.5 Å². The van der Waals surface area contributed by atoms with Crippen molar-refractivity contribution in [3.8, 4) is 11.8 Å². The number of benzene rings is 1. The van der Waals surface area contributed by atoms with Crippen LogP contribution in [0.1, 0.15) is 5.56 Å². The lowest BCUT2D eigenvalue weighted by Crippen LogP contribution is -2.04. The Balaban J connectivity index is 2.85. The summed E-state index contributed by atoms with van der Waals surface area (Å²) in [7, 11) is 0. The summed E-state index contributed by atoms with van der Waals surface area (Å²) in [6.45, 7) is 0. The highest BCUT2D eigenvalue weighted by Crippen LogP contribution is 2.26. The first-order valence-corrected chi connectivity index (χ1v) is 4.01. The summed E-state index contributed by atoms with van der Waals surface area (Å²) in [5, 5.41) is 9.53. The minimum atomic E-state index is 0.339. The highest BCUT2D eigenvalue weighted by atomic mass is 16.6. The standard InChI is InChI=1S/C10H7N3O/c11-5-7-6-13-9-4-2-1-3-8(9)10(7)14-12/h1-4,6H,12H2. The highest BCUT2D eigenvalue weighted by molar-refractivity contribution is 5.86. The molecule has 1 aromatic carbocycles. The van der Waals surface area contributed by atoms with Gasteiger partial charge in [-0.2, -0.15) is 11.2 Å². The largest absolute Gasteiger partial charge is 0.409 e. The van der Waals surface area contributed by atoms with Crippen molar-refractivity contribution in [1.29, 1.82) is 5.26 Å². The van der Waals surface area contributed by atoms with Crippen molar-refractivity contribution in [2.75, 3.05) is 0 Å². The van der Waals surface area contributed by atoms with Crippen LogP contribution < -0.4 is 10.7 Å². The predicted octanol–water partition coefficient (Wildman–Crippen LogP) is 1.36. The minimum Gasteiger partial charge on any atom is -0.409 e. The van der Waals surface area contributed by atoms with Crippen molar-refractivity contribution < 1.29 is 4.84 Å². The molecule has 0 aliphatic rings. The fraction of sp³-hybridized carbons (Fsp3) is 0. The van der Waals surface area contributed by atoms with Gasteiger partial charge in [-0.25, -0.2) is 0 Å². The fourth-order valence-electron chi connectivity index (χ4n) is 1.32. The van der Waals surface area contributed by atoms with Gasteiger partial charge >= 0.3 is 0 Å². The summed E-state index contributed by atoms with van der Waals surface area (Å²) in [6.07, 6.45) is 1.45. The van der Waals surface area contributed by atoms with Crippen LogP contribution >= 0.6 is 0 Å². The van der Waals surface area contributed by atoms with E-state index in [0.29, 0.717) is 11.3 Å². The molecule has 0 bridgehead atoms. The number of nitrogens with zero attached hydrogens (tertiary/aromatic N) is 2. The molecule has 1 aromatic heterocycles. The molecule has 4 nitrogen and oxygen atoms in total. The smallest absolute Gasteiger partial charge is 0.175 e. The molecular weight excluding hydrogens is 178 g/mol. The normalized spacial score (nSPS) is 9.71. The van der Waals surface area contributed by atoms with Crippen LogP contribution in [0.3, 0.4) is 0 Å². The molecule has 0 amide bonds. The van der Waals surface area contributed by atoms with E-state index in [0.717, 1.165) is 10.9 Å². The van der Waals surface area contributed by atoms with Crippen molar-refractivity contribution >= 4 is 10.9 Å². The van der Waals surface area contributed by atoms with E-state index >= 15 is 0 Å². The summed E-state index contributed by atoms with van der Waals surface area (Å²) in [5.74, 6) is 5.49. The van der Waals surface area contributed by atoms with Crippen LogP contribution in [0.2, 0.25) is 0 Å². The number of para-hydroxylation sites is 1. The Morgan fingerprint density at radius 1 is 1.36 bits per heavy atom. The monoisotopic (exact) mass is 185 g/mol. The van der Waals surface area contributed by atoms with Crippen molar-refractivity contribution in [2.45, 2.75) is 0 Å². The summed E-state index contributed by atoms with van der Waals surface area (Å²) in [4.78, 5) is 8.79. The fourth-order valence-corrected chi connectivity index (χ4v) is 1.32. The maximum absolute atomic E-state index is 8.78. The van der Waals surface area contributed by atoms with Gasteiger partial charge in [0.25, 0.3) is 0 Å². The molecule has 0 radical (unpaired) electrons. The van der Waals surface area contributed by atoms with Gasteiger partial charge in [0.2, 0.25) is 0 Å². The molecule has 0 atom stereocenters. The summed E-state index contributed by atoms with van der Waals surface area (Å²) < 4.78 is 0. The number of aromatic nitrogens is 1. The summed E-state index contributed by atoms with van der Waals surface area (Å²) >= 11 is 0. The molecule has 4 heteroatoms. The second kappa shape index (κ2) is 3.32. The number of fused-ring (bicyclic) bond motifs is 1. The van der Waals surface area contributed by atoms with Gasteiger partial charge in [0.1, 0.15) is 11.6 Å². The third-order valence-electron chi connectivity index (χ3n) is 1.96. The molecule has 2 rings (SSSR count). The first-order valence-electron chi connectivity index (χ1n) is 4.01. The van der Waals surface area contributed by atoms with Crippen LogP contribution in [-0.4, -0.2) is 4.98 Å². The van der Waals surface area contributed by atoms with E-state index in [1.54, 1.807) is 0 Å². The Kier molecular flexibility index (Phi) is 2.01. The first-order chi connectivity index (χ1) is 6.86. The molecule has 0 saturated heterocycles. The van der Waals surface area contributed by atoms with Crippen LogP contribution in [0.25, 0.3) is 10.9 Å². The van der Waals surface area contributed by atoms with Crippen LogP contribution in [0.5, 0.6) is 5.75 Å². The van der Waals surface area contributed by atoms with E-state index in [1.165, 1.54) is 6.20 Å². The van der Waals surface area contributed by atoms with Gasteiger partial charge in [0, 0.05) is 11.6 Å². The number of pyridine rings is 1. The molecule has 1 heterocycles. The maximum Gasteiger partial charge on any atom is 0.175 e. The average molecular weight is 185 g/mol. The average Bonchev–Trinajstić information content (AvgIpc) is 2.27. The number of hydrogen-bond donors (Lipinski definition) is 1. The van der Waals surface area contributed by atoms with Gasteiger partial charge in [0.15, 0.2) is 5.75 Å². The number of hydrogen-bond acceptors (Lipinski definition) is 4. The van der Waals surface area contributed by atoms with Crippen LogP contribution in [-0.2, 0) is 0 Å². The number of nitriles is 1. The molecule has 0 aliphatic heterocycles. The molecule has 2 N–H and O–H groups in total. The van der Waals surface area contributed by atoms with E-state index in [9.17, 15) is 0 Å². The molecule has 0 unspecified atom stereocenters. The lowest BCUT2D eigenvalue weighted by Gasteiger charge is -2.04. The zero-order valence-electron chi connectivity index (χ0n) is 7.27. The van der Waals surface area contributed by atoms with Gasteiger partial charge in [-0.1, -0.05) is 12.1 Å².